The molecule has 5 nitrogen and oxygen atoms in total. The van der Waals surface area contributed by atoms with Crippen molar-refractivity contribution in [3.05, 3.63) is 12.2 Å². The fourth-order valence-electron chi connectivity index (χ4n) is 2.28. The molecule has 0 aromatic heterocycles. The van der Waals surface area contributed by atoms with Crippen LogP contribution < -0.4 is 5.73 Å². The van der Waals surface area contributed by atoms with Gasteiger partial charge in [0.1, 0.15) is 0 Å². The maximum Gasteiger partial charge on any atom is 0.253 e. The van der Waals surface area contributed by atoms with Crippen LogP contribution in [0.1, 0.15) is 39.5 Å². The van der Waals surface area contributed by atoms with Crippen LogP contribution in [-0.2, 0) is 14.4 Å². The molecule has 1 aliphatic heterocycles. The van der Waals surface area contributed by atoms with Crippen LogP contribution in [0.4, 0.5) is 0 Å². The molecule has 0 aromatic rings. The molecule has 2 atom stereocenters. The first kappa shape index (κ1) is 15.4. The Bertz CT molecular complexity index is 372. The van der Waals surface area contributed by atoms with E-state index in [-0.39, 0.29) is 29.6 Å². The van der Waals surface area contributed by atoms with Gasteiger partial charge in [-0.3, -0.25) is 19.3 Å². The highest BCUT2D eigenvalue weighted by atomic mass is 16.2. The molecule has 0 saturated carbocycles. The number of imide groups is 1. The minimum absolute atomic E-state index is 0.117. The first-order chi connectivity index (χ1) is 8.97. The number of amides is 3. The van der Waals surface area contributed by atoms with Crippen LogP contribution in [0.3, 0.4) is 0 Å². The number of rotatable bonds is 8. The summed E-state index contributed by atoms with van der Waals surface area (Å²) in [5.41, 5.74) is 5.39. The Morgan fingerprint density at radius 1 is 1.26 bits per heavy atom. The number of unbranched alkanes of at least 4 members (excludes halogenated alkanes) is 1. The van der Waals surface area contributed by atoms with E-state index in [1.54, 1.807) is 0 Å². The summed E-state index contributed by atoms with van der Waals surface area (Å²) in [6.07, 6.45) is 5.70. The lowest BCUT2D eigenvalue weighted by Crippen LogP contribution is -2.31. The number of carbonyl (C=O) groups is 3. The minimum Gasteiger partial charge on any atom is -0.369 e. The first-order valence-electron chi connectivity index (χ1n) is 6.80. The topological polar surface area (TPSA) is 80.5 Å². The first-order valence-corrected chi connectivity index (χ1v) is 6.80. The Kier molecular flexibility index (Phi) is 5.73. The van der Waals surface area contributed by atoms with Crippen LogP contribution in [0.25, 0.3) is 0 Å². The van der Waals surface area contributed by atoms with Gasteiger partial charge in [0, 0.05) is 24.6 Å². The number of carbonyl (C=O) groups excluding carboxylic acids is 3. The van der Waals surface area contributed by atoms with Crippen LogP contribution in [0, 0.1) is 11.8 Å². The maximum atomic E-state index is 11.3. The molecule has 0 fully saturated rings. The van der Waals surface area contributed by atoms with E-state index in [1.807, 2.05) is 13.8 Å². The second kappa shape index (κ2) is 7.07. The molecule has 5 heteroatoms. The largest absolute Gasteiger partial charge is 0.369 e. The number of nitrogens with zero attached hydrogens (tertiary/aromatic N) is 1. The van der Waals surface area contributed by atoms with Gasteiger partial charge >= 0.3 is 0 Å². The van der Waals surface area contributed by atoms with E-state index in [2.05, 4.69) is 0 Å². The van der Waals surface area contributed by atoms with Crippen molar-refractivity contribution in [2.45, 2.75) is 39.5 Å². The number of primary amides is 1. The second-order valence-corrected chi connectivity index (χ2v) is 5.05. The molecule has 0 bridgehead atoms. The van der Waals surface area contributed by atoms with Crippen molar-refractivity contribution in [2.75, 3.05) is 6.54 Å². The molecule has 106 valence electrons. The van der Waals surface area contributed by atoms with Crippen molar-refractivity contribution in [1.82, 2.24) is 4.90 Å². The third-order valence-corrected chi connectivity index (χ3v) is 3.74. The normalized spacial score (nSPS) is 17.9. The van der Waals surface area contributed by atoms with Gasteiger partial charge in [-0.05, 0) is 18.8 Å². The van der Waals surface area contributed by atoms with Gasteiger partial charge in [0.25, 0.3) is 11.8 Å². The maximum absolute atomic E-state index is 11.3. The summed E-state index contributed by atoms with van der Waals surface area (Å²) in [5, 5.41) is 0. The predicted octanol–water partition coefficient (Wildman–Crippen LogP) is 1.23. The molecule has 2 unspecified atom stereocenters. The quantitative estimate of drug-likeness (QED) is 0.530. The molecular weight excluding hydrogens is 244 g/mol. The van der Waals surface area contributed by atoms with Crippen molar-refractivity contribution in [2.24, 2.45) is 17.6 Å². The zero-order valence-electron chi connectivity index (χ0n) is 11.6. The lowest BCUT2D eigenvalue weighted by Gasteiger charge is -2.20. The zero-order valence-corrected chi connectivity index (χ0v) is 11.6. The highest BCUT2D eigenvalue weighted by Crippen LogP contribution is 2.21. The van der Waals surface area contributed by atoms with Gasteiger partial charge in [-0.1, -0.05) is 26.7 Å². The SMILES string of the molecule is CCC(C)C(CCCCN1C(=O)C=CC1=O)C(N)=O. The molecule has 0 aliphatic carbocycles. The van der Waals surface area contributed by atoms with Crippen molar-refractivity contribution in [3.8, 4) is 0 Å². The Morgan fingerprint density at radius 3 is 2.32 bits per heavy atom. The van der Waals surface area contributed by atoms with E-state index in [4.69, 9.17) is 5.73 Å². The average molecular weight is 266 g/mol. The van der Waals surface area contributed by atoms with Gasteiger partial charge < -0.3 is 5.73 Å². The van der Waals surface area contributed by atoms with E-state index >= 15 is 0 Å². The van der Waals surface area contributed by atoms with Gasteiger partial charge in [0.2, 0.25) is 5.91 Å². The number of nitrogens with two attached hydrogens (primary N) is 1. The molecule has 1 aliphatic rings. The van der Waals surface area contributed by atoms with Gasteiger partial charge in [0.05, 0.1) is 0 Å². The molecular formula is C14H22N2O3. The highest BCUT2D eigenvalue weighted by Gasteiger charge is 2.24. The number of hydrogen-bond donors (Lipinski definition) is 1. The molecule has 0 aromatic carbocycles. The van der Waals surface area contributed by atoms with E-state index in [0.29, 0.717) is 19.4 Å². The summed E-state index contributed by atoms with van der Waals surface area (Å²) in [6, 6.07) is 0. The summed E-state index contributed by atoms with van der Waals surface area (Å²) in [7, 11) is 0. The fourth-order valence-corrected chi connectivity index (χ4v) is 2.28. The van der Waals surface area contributed by atoms with E-state index in [9.17, 15) is 14.4 Å². The Balaban J connectivity index is 2.31. The molecule has 2 N–H and O–H groups in total. The third kappa shape index (κ3) is 4.19. The van der Waals surface area contributed by atoms with Crippen molar-refractivity contribution >= 4 is 17.7 Å². The molecule has 0 saturated heterocycles. The molecule has 3 amide bonds. The van der Waals surface area contributed by atoms with Gasteiger partial charge in [0.15, 0.2) is 0 Å². The molecule has 1 heterocycles. The summed E-state index contributed by atoms with van der Waals surface area (Å²) in [4.78, 5) is 35.2. The molecule has 1 rings (SSSR count). The summed E-state index contributed by atoms with van der Waals surface area (Å²) >= 11 is 0. The van der Waals surface area contributed by atoms with Crippen LogP contribution in [0.2, 0.25) is 0 Å². The van der Waals surface area contributed by atoms with Crippen LogP contribution in [0.15, 0.2) is 12.2 Å². The summed E-state index contributed by atoms with van der Waals surface area (Å²) < 4.78 is 0. The lowest BCUT2D eigenvalue weighted by atomic mass is 9.87. The molecule has 19 heavy (non-hydrogen) atoms. The van der Waals surface area contributed by atoms with Crippen LogP contribution >= 0.6 is 0 Å². The van der Waals surface area contributed by atoms with Gasteiger partial charge in [-0.2, -0.15) is 0 Å². The smallest absolute Gasteiger partial charge is 0.253 e. The Morgan fingerprint density at radius 2 is 1.84 bits per heavy atom. The van der Waals surface area contributed by atoms with Crippen molar-refractivity contribution in [1.29, 1.82) is 0 Å². The Hall–Kier alpha value is -1.65. The van der Waals surface area contributed by atoms with Crippen molar-refractivity contribution < 1.29 is 14.4 Å². The third-order valence-electron chi connectivity index (χ3n) is 3.74. The van der Waals surface area contributed by atoms with Crippen LogP contribution in [-0.4, -0.2) is 29.2 Å². The molecule has 0 spiro atoms. The zero-order chi connectivity index (χ0) is 14.4. The van der Waals surface area contributed by atoms with E-state index in [0.717, 1.165) is 12.8 Å². The van der Waals surface area contributed by atoms with E-state index in [1.165, 1.54) is 17.1 Å². The van der Waals surface area contributed by atoms with Crippen molar-refractivity contribution in [3.63, 3.8) is 0 Å². The fraction of sp³-hybridized carbons (Fsp3) is 0.643. The summed E-state index contributed by atoms with van der Waals surface area (Å²) in [5.74, 6) is -0.608. The average Bonchev–Trinajstić information content (AvgIpc) is 2.68. The minimum atomic E-state index is -0.260. The predicted molar refractivity (Wildman–Crippen MR) is 71.9 cm³/mol. The monoisotopic (exact) mass is 266 g/mol. The standard InChI is InChI=1S/C14H22N2O3/c1-3-10(2)11(14(15)19)6-4-5-9-16-12(17)7-8-13(16)18/h7-8,10-11H,3-6,9H2,1-2H3,(H2,15,19). The highest BCUT2D eigenvalue weighted by molar-refractivity contribution is 6.12. The second-order valence-electron chi connectivity index (χ2n) is 5.05. The van der Waals surface area contributed by atoms with Gasteiger partial charge in [-0.15, -0.1) is 0 Å². The van der Waals surface area contributed by atoms with Crippen LogP contribution in [0.5, 0.6) is 0 Å². The van der Waals surface area contributed by atoms with E-state index < -0.39 is 0 Å². The van der Waals surface area contributed by atoms with Gasteiger partial charge in [-0.25, -0.2) is 0 Å². The number of hydrogen-bond acceptors (Lipinski definition) is 3. The molecule has 0 radical (unpaired) electrons. The Labute approximate surface area is 113 Å². The summed E-state index contributed by atoms with van der Waals surface area (Å²) in [6.45, 7) is 4.47. The lowest BCUT2D eigenvalue weighted by molar-refractivity contribution is -0.137.